The number of amides is 1. The summed E-state index contributed by atoms with van der Waals surface area (Å²) in [6.45, 7) is 0. The van der Waals surface area contributed by atoms with Gasteiger partial charge in [0.25, 0.3) is 5.91 Å². The van der Waals surface area contributed by atoms with E-state index in [0.29, 0.717) is 11.4 Å². The van der Waals surface area contributed by atoms with Gasteiger partial charge in [-0.25, -0.2) is 4.79 Å². The topological polar surface area (TPSA) is 71.3 Å². The summed E-state index contributed by atoms with van der Waals surface area (Å²) in [6, 6.07) is 7.71. The molecule has 0 spiro atoms. The summed E-state index contributed by atoms with van der Waals surface area (Å²) in [4.78, 5) is 22.7. The molecule has 2 aromatic rings. The van der Waals surface area contributed by atoms with E-state index in [2.05, 4.69) is 21.2 Å². The van der Waals surface area contributed by atoms with Crippen LogP contribution in [0.15, 0.2) is 41.0 Å². The molecule has 0 aliphatic carbocycles. The Labute approximate surface area is 118 Å². The molecule has 0 atom stereocenters. The Morgan fingerprint density at radius 1 is 1.26 bits per heavy atom. The van der Waals surface area contributed by atoms with Crippen LogP contribution in [-0.2, 0) is 7.05 Å². The molecule has 2 rings (SSSR count). The molecule has 2 N–H and O–H groups in total. The summed E-state index contributed by atoms with van der Waals surface area (Å²) in [5, 5.41) is 11.5. The lowest BCUT2D eigenvalue weighted by molar-refractivity contribution is 0.0696. The van der Waals surface area contributed by atoms with Crippen LogP contribution < -0.4 is 5.32 Å². The zero-order valence-electron chi connectivity index (χ0n) is 10.1. The Bertz CT molecular complexity index is 632. The molecule has 5 nitrogen and oxygen atoms in total. The number of benzene rings is 1. The van der Waals surface area contributed by atoms with Crippen molar-refractivity contribution in [3.8, 4) is 0 Å². The summed E-state index contributed by atoms with van der Waals surface area (Å²) >= 11 is 3.30. The number of aromatic carboxylic acids is 1. The van der Waals surface area contributed by atoms with Crippen molar-refractivity contribution >= 4 is 33.5 Å². The lowest BCUT2D eigenvalue weighted by Gasteiger charge is -2.06. The third-order valence-electron chi connectivity index (χ3n) is 2.59. The predicted octanol–water partition coefficient (Wildman–Crippen LogP) is 2.74. The number of hydrogen-bond donors (Lipinski definition) is 2. The van der Waals surface area contributed by atoms with Gasteiger partial charge in [-0.1, -0.05) is 0 Å². The Balaban J connectivity index is 2.15. The summed E-state index contributed by atoms with van der Waals surface area (Å²) in [5.41, 5.74) is 1.24. The lowest BCUT2D eigenvalue weighted by atomic mass is 10.2. The van der Waals surface area contributed by atoms with E-state index in [0.717, 1.165) is 4.47 Å². The fourth-order valence-corrected chi connectivity index (χ4v) is 2.17. The van der Waals surface area contributed by atoms with Gasteiger partial charge in [-0.15, -0.1) is 0 Å². The zero-order chi connectivity index (χ0) is 14.0. The minimum absolute atomic E-state index is 0.180. The second kappa shape index (κ2) is 5.27. The van der Waals surface area contributed by atoms with Gasteiger partial charge in [0.05, 0.1) is 5.56 Å². The molecule has 6 heteroatoms. The van der Waals surface area contributed by atoms with Crippen molar-refractivity contribution < 1.29 is 14.7 Å². The van der Waals surface area contributed by atoms with E-state index < -0.39 is 5.97 Å². The number of hydrogen-bond acceptors (Lipinski definition) is 2. The van der Waals surface area contributed by atoms with Crippen LogP contribution in [0.4, 0.5) is 5.69 Å². The van der Waals surface area contributed by atoms with Gasteiger partial charge in [-0.05, 0) is 46.3 Å². The van der Waals surface area contributed by atoms with Crippen molar-refractivity contribution in [1.29, 1.82) is 0 Å². The van der Waals surface area contributed by atoms with Gasteiger partial charge >= 0.3 is 5.97 Å². The highest BCUT2D eigenvalue weighted by Gasteiger charge is 2.11. The SMILES string of the molecule is Cn1cc(Br)cc1C(=O)Nc1ccc(C(=O)O)cc1. The van der Waals surface area contributed by atoms with Crippen molar-refractivity contribution in [3.05, 3.63) is 52.3 Å². The van der Waals surface area contributed by atoms with E-state index in [9.17, 15) is 9.59 Å². The smallest absolute Gasteiger partial charge is 0.335 e. The van der Waals surface area contributed by atoms with Crippen LogP contribution in [0.5, 0.6) is 0 Å². The van der Waals surface area contributed by atoms with Gasteiger partial charge in [-0.3, -0.25) is 4.79 Å². The molecule has 0 bridgehead atoms. The number of rotatable bonds is 3. The predicted molar refractivity (Wildman–Crippen MR) is 74.5 cm³/mol. The van der Waals surface area contributed by atoms with Crippen LogP contribution in [-0.4, -0.2) is 21.6 Å². The Morgan fingerprint density at radius 3 is 2.37 bits per heavy atom. The van der Waals surface area contributed by atoms with Gasteiger partial charge in [0.15, 0.2) is 0 Å². The van der Waals surface area contributed by atoms with Crippen molar-refractivity contribution in [2.75, 3.05) is 5.32 Å². The van der Waals surface area contributed by atoms with E-state index in [1.165, 1.54) is 12.1 Å². The van der Waals surface area contributed by atoms with Crippen molar-refractivity contribution in [3.63, 3.8) is 0 Å². The number of carbonyl (C=O) groups excluding carboxylic acids is 1. The molecule has 0 aliphatic heterocycles. The van der Waals surface area contributed by atoms with E-state index in [1.54, 1.807) is 36.0 Å². The molecule has 0 unspecified atom stereocenters. The maximum atomic E-state index is 12.0. The van der Waals surface area contributed by atoms with E-state index >= 15 is 0 Å². The first kappa shape index (κ1) is 13.4. The van der Waals surface area contributed by atoms with E-state index in [4.69, 9.17) is 5.11 Å². The average molecular weight is 323 g/mol. The lowest BCUT2D eigenvalue weighted by Crippen LogP contribution is -2.15. The monoisotopic (exact) mass is 322 g/mol. The number of carbonyl (C=O) groups is 2. The Hall–Kier alpha value is -2.08. The summed E-state index contributed by atoms with van der Waals surface area (Å²) in [6.07, 6.45) is 1.78. The molecule has 0 saturated carbocycles. The molecule has 98 valence electrons. The normalized spacial score (nSPS) is 10.2. The largest absolute Gasteiger partial charge is 0.478 e. The molecule has 1 amide bonds. The van der Waals surface area contributed by atoms with Crippen LogP contribution in [0.25, 0.3) is 0 Å². The molecular weight excluding hydrogens is 312 g/mol. The van der Waals surface area contributed by atoms with Crippen LogP contribution in [0.3, 0.4) is 0 Å². The minimum atomic E-state index is -0.996. The third-order valence-corrected chi connectivity index (χ3v) is 3.03. The second-order valence-corrected chi connectivity index (χ2v) is 4.91. The number of carboxylic acid groups (broad SMARTS) is 1. The molecule has 0 radical (unpaired) electrons. The fourth-order valence-electron chi connectivity index (χ4n) is 1.64. The third kappa shape index (κ3) is 3.03. The van der Waals surface area contributed by atoms with Gasteiger partial charge in [-0.2, -0.15) is 0 Å². The molecule has 1 aromatic heterocycles. The average Bonchev–Trinajstić information content (AvgIpc) is 2.69. The highest BCUT2D eigenvalue weighted by molar-refractivity contribution is 9.10. The van der Waals surface area contributed by atoms with E-state index in [1.807, 2.05) is 0 Å². The van der Waals surface area contributed by atoms with Crippen molar-refractivity contribution in [1.82, 2.24) is 4.57 Å². The number of nitrogens with zero attached hydrogens (tertiary/aromatic N) is 1. The van der Waals surface area contributed by atoms with Gasteiger partial charge in [0, 0.05) is 23.4 Å². The van der Waals surface area contributed by atoms with Crippen LogP contribution in [0.2, 0.25) is 0 Å². The standard InChI is InChI=1S/C13H11BrN2O3/c1-16-7-9(14)6-11(16)12(17)15-10-4-2-8(3-5-10)13(18)19/h2-7H,1H3,(H,15,17)(H,18,19). The number of halogens is 1. The van der Waals surface area contributed by atoms with Crippen molar-refractivity contribution in [2.45, 2.75) is 0 Å². The quantitative estimate of drug-likeness (QED) is 0.912. The number of aromatic nitrogens is 1. The first-order valence-electron chi connectivity index (χ1n) is 5.44. The highest BCUT2D eigenvalue weighted by Crippen LogP contribution is 2.16. The van der Waals surface area contributed by atoms with Crippen molar-refractivity contribution in [2.24, 2.45) is 7.05 Å². The Morgan fingerprint density at radius 2 is 1.89 bits per heavy atom. The van der Waals surface area contributed by atoms with Crippen LogP contribution in [0.1, 0.15) is 20.8 Å². The molecule has 0 aliphatic rings. The summed E-state index contributed by atoms with van der Waals surface area (Å²) in [7, 11) is 1.77. The first-order valence-corrected chi connectivity index (χ1v) is 6.23. The maximum Gasteiger partial charge on any atom is 0.335 e. The maximum absolute atomic E-state index is 12.0. The minimum Gasteiger partial charge on any atom is -0.478 e. The molecule has 0 fully saturated rings. The molecule has 19 heavy (non-hydrogen) atoms. The molecule has 0 saturated heterocycles. The summed E-state index contributed by atoms with van der Waals surface area (Å²) in [5.74, 6) is -1.25. The van der Waals surface area contributed by atoms with Crippen LogP contribution in [0, 0.1) is 0 Å². The van der Waals surface area contributed by atoms with Crippen LogP contribution >= 0.6 is 15.9 Å². The first-order chi connectivity index (χ1) is 8.97. The highest BCUT2D eigenvalue weighted by atomic mass is 79.9. The molecule has 1 heterocycles. The second-order valence-electron chi connectivity index (χ2n) is 3.99. The number of aryl methyl sites for hydroxylation is 1. The Kier molecular flexibility index (Phi) is 3.71. The number of nitrogens with one attached hydrogen (secondary N) is 1. The fraction of sp³-hybridized carbons (Fsp3) is 0.0769. The van der Waals surface area contributed by atoms with Gasteiger partial charge in [0.2, 0.25) is 0 Å². The van der Waals surface area contributed by atoms with E-state index in [-0.39, 0.29) is 11.5 Å². The molecule has 1 aromatic carbocycles. The number of anilines is 1. The zero-order valence-corrected chi connectivity index (χ0v) is 11.6. The number of carboxylic acids is 1. The summed E-state index contributed by atoms with van der Waals surface area (Å²) < 4.78 is 2.52. The van der Waals surface area contributed by atoms with Gasteiger partial charge in [0.1, 0.15) is 5.69 Å². The van der Waals surface area contributed by atoms with Gasteiger partial charge < -0.3 is 15.0 Å². The molecular formula is C13H11BrN2O3.